The Hall–Kier alpha value is -1.19. The highest BCUT2D eigenvalue weighted by molar-refractivity contribution is 7.98. The van der Waals surface area contributed by atoms with Gasteiger partial charge in [0.2, 0.25) is 0 Å². The van der Waals surface area contributed by atoms with E-state index in [1.165, 1.54) is 10.5 Å². The zero-order chi connectivity index (χ0) is 12.3. The van der Waals surface area contributed by atoms with E-state index in [-0.39, 0.29) is 0 Å². The summed E-state index contributed by atoms with van der Waals surface area (Å²) in [5.74, 6) is 1.50. The third-order valence-electron chi connectivity index (χ3n) is 2.30. The minimum Gasteiger partial charge on any atom is -0.457 e. The molecule has 0 saturated heterocycles. The normalized spacial score (nSPS) is 10.3. The van der Waals surface area contributed by atoms with E-state index in [0.29, 0.717) is 10.9 Å². The minimum absolute atomic E-state index is 0.431. The number of rotatable bonds is 3. The lowest BCUT2D eigenvalue weighted by atomic mass is 10.2. The molecule has 4 heteroatoms. The van der Waals surface area contributed by atoms with Crippen LogP contribution in [0.5, 0.6) is 11.5 Å². The van der Waals surface area contributed by atoms with Gasteiger partial charge in [-0.2, -0.15) is 0 Å². The maximum Gasteiger partial charge on any atom is 0.132 e. The number of aryl methyl sites for hydroxylation is 1. The first-order valence-electron chi connectivity index (χ1n) is 5.13. The number of hydrogen-bond donors (Lipinski definition) is 0. The molecule has 0 aliphatic heterocycles. The Morgan fingerprint density at radius 3 is 2.59 bits per heavy atom. The minimum atomic E-state index is 0.431. The Morgan fingerprint density at radius 1 is 1.18 bits per heavy atom. The topological polar surface area (TPSA) is 22.1 Å². The summed E-state index contributed by atoms with van der Waals surface area (Å²) in [5, 5.41) is 0.431. The lowest BCUT2D eigenvalue weighted by Gasteiger charge is -2.08. The van der Waals surface area contributed by atoms with Crippen molar-refractivity contribution in [3.05, 3.63) is 47.2 Å². The zero-order valence-electron chi connectivity index (χ0n) is 9.61. The third kappa shape index (κ3) is 3.14. The fourth-order valence-electron chi connectivity index (χ4n) is 1.50. The van der Waals surface area contributed by atoms with Gasteiger partial charge in [-0.25, -0.2) is 4.98 Å². The number of nitrogens with zero attached hydrogens (tertiary/aromatic N) is 1. The molecule has 0 amide bonds. The number of benzene rings is 1. The largest absolute Gasteiger partial charge is 0.457 e. The van der Waals surface area contributed by atoms with E-state index in [1.54, 1.807) is 30.1 Å². The van der Waals surface area contributed by atoms with Gasteiger partial charge in [-0.1, -0.05) is 11.6 Å². The maximum absolute atomic E-state index is 5.80. The molecule has 0 aliphatic carbocycles. The predicted octanol–water partition coefficient (Wildman–Crippen LogP) is 4.56. The SMILES string of the molecule is CSc1ccc(Oc2ccnc(Cl)c2)cc1C. The van der Waals surface area contributed by atoms with Crippen LogP contribution in [0.1, 0.15) is 5.56 Å². The molecule has 2 nitrogen and oxygen atoms in total. The predicted molar refractivity (Wildman–Crippen MR) is 72.3 cm³/mol. The Bertz CT molecular complexity index is 531. The molecule has 17 heavy (non-hydrogen) atoms. The van der Waals surface area contributed by atoms with Gasteiger partial charge < -0.3 is 4.74 Å². The number of ether oxygens (including phenoxy) is 1. The van der Waals surface area contributed by atoms with E-state index >= 15 is 0 Å². The molecule has 0 spiro atoms. The number of halogens is 1. The van der Waals surface area contributed by atoms with Crippen molar-refractivity contribution in [2.24, 2.45) is 0 Å². The quantitative estimate of drug-likeness (QED) is 0.600. The van der Waals surface area contributed by atoms with E-state index in [1.807, 2.05) is 12.1 Å². The Kier molecular flexibility index (Phi) is 3.92. The Morgan fingerprint density at radius 2 is 1.94 bits per heavy atom. The lowest BCUT2D eigenvalue weighted by Crippen LogP contribution is -1.87. The van der Waals surface area contributed by atoms with Crippen LogP contribution in [0, 0.1) is 6.92 Å². The molecule has 0 aliphatic rings. The maximum atomic E-state index is 5.80. The number of hydrogen-bond acceptors (Lipinski definition) is 3. The summed E-state index contributed by atoms with van der Waals surface area (Å²) in [7, 11) is 0. The molecular weight excluding hydrogens is 254 g/mol. The van der Waals surface area contributed by atoms with E-state index < -0.39 is 0 Å². The molecular formula is C13H12ClNOS. The zero-order valence-corrected chi connectivity index (χ0v) is 11.2. The van der Waals surface area contributed by atoms with Crippen molar-refractivity contribution in [1.29, 1.82) is 0 Å². The van der Waals surface area contributed by atoms with Crippen LogP contribution in [0.25, 0.3) is 0 Å². The smallest absolute Gasteiger partial charge is 0.132 e. The molecule has 88 valence electrons. The highest BCUT2D eigenvalue weighted by atomic mass is 35.5. The van der Waals surface area contributed by atoms with Crippen LogP contribution in [0.3, 0.4) is 0 Å². The standard InChI is InChI=1S/C13H12ClNOS/c1-9-7-10(3-4-12(9)17-2)16-11-5-6-15-13(14)8-11/h3-8H,1-2H3. The van der Waals surface area contributed by atoms with Crippen LogP contribution in [0.15, 0.2) is 41.4 Å². The second kappa shape index (κ2) is 5.43. The lowest BCUT2D eigenvalue weighted by molar-refractivity contribution is 0.481. The first-order valence-corrected chi connectivity index (χ1v) is 6.73. The van der Waals surface area contributed by atoms with Gasteiger partial charge in [-0.15, -0.1) is 11.8 Å². The van der Waals surface area contributed by atoms with Crippen molar-refractivity contribution in [1.82, 2.24) is 4.98 Å². The van der Waals surface area contributed by atoms with Crippen LogP contribution in [0.4, 0.5) is 0 Å². The Labute approximate surface area is 110 Å². The van der Waals surface area contributed by atoms with Gasteiger partial charge in [-0.05, 0) is 43.0 Å². The van der Waals surface area contributed by atoms with E-state index in [9.17, 15) is 0 Å². The van der Waals surface area contributed by atoms with Crippen molar-refractivity contribution >= 4 is 23.4 Å². The number of pyridine rings is 1. The molecule has 0 atom stereocenters. The third-order valence-corrected chi connectivity index (χ3v) is 3.40. The van der Waals surface area contributed by atoms with Gasteiger partial charge in [0, 0.05) is 17.2 Å². The summed E-state index contributed by atoms with van der Waals surface area (Å²) in [5.41, 5.74) is 1.20. The van der Waals surface area contributed by atoms with Crippen molar-refractivity contribution in [2.45, 2.75) is 11.8 Å². The van der Waals surface area contributed by atoms with Crippen LogP contribution >= 0.6 is 23.4 Å². The van der Waals surface area contributed by atoms with E-state index in [0.717, 1.165) is 5.75 Å². The van der Waals surface area contributed by atoms with Crippen molar-refractivity contribution < 1.29 is 4.74 Å². The Balaban J connectivity index is 2.22. The fraction of sp³-hybridized carbons (Fsp3) is 0.154. The van der Waals surface area contributed by atoms with Crippen molar-refractivity contribution in [2.75, 3.05) is 6.26 Å². The van der Waals surface area contributed by atoms with Crippen molar-refractivity contribution in [3.63, 3.8) is 0 Å². The highest BCUT2D eigenvalue weighted by Gasteiger charge is 2.02. The van der Waals surface area contributed by atoms with Gasteiger partial charge in [0.25, 0.3) is 0 Å². The summed E-state index contributed by atoms with van der Waals surface area (Å²) in [6, 6.07) is 9.49. The summed E-state index contributed by atoms with van der Waals surface area (Å²) in [6.07, 6.45) is 3.69. The summed E-state index contributed by atoms with van der Waals surface area (Å²) in [6.45, 7) is 2.07. The molecule has 0 unspecified atom stereocenters. The molecule has 2 rings (SSSR count). The van der Waals surface area contributed by atoms with Gasteiger partial charge in [0.15, 0.2) is 0 Å². The second-order valence-corrected chi connectivity index (χ2v) is 4.78. The second-order valence-electron chi connectivity index (χ2n) is 3.55. The molecule has 0 saturated carbocycles. The van der Waals surface area contributed by atoms with Gasteiger partial charge >= 0.3 is 0 Å². The molecule has 1 heterocycles. The number of aromatic nitrogens is 1. The van der Waals surface area contributed by atoms with Crippen LogP contribution in [-0.2, 0) is 0 Å². The van der Waals surface area contributed by atoms with E-state index in [2.05, 4.69) is 24.2 Å². The molecule has 2 aromatic rings. The highest BCUT2D eigenvalue weighted by Crippen LogP contribution is 2.28. The average molecular weight is 266 g/mol. The fourth-order valence-corrected chi connectivity index (χ4v) is 2.25. The summed E-state index contributed by atoms with van der Waals surface area (Å²) < 4.78 is 5.71. The summed E-state index contributed by atoms with van der Waals surface area (Å²) in [4.78, 5) is 5.16. The van der Waals surface area contributed by atoms with Gasteiger partial charge in [0.05, 0.1) is 0 Å². The van der Waals surface area contributed by atoms with Crippen LogP contribution in [0.2, 0.25) is 5.15 Å². The van der Waals surface area contributed by atoms with Gasteiger partial charge in [0.1, 0.15) is 16.7 Å². The van der Waals surface area contributed by atoms with Crippen LogP contribution in [-0.4, -0.2) is 11.2 Å². The molecule has 1 aromatic carbocycles. The first-order chi connectivity index (χ1) is 8.19. The molecule has 0 bridgehead atoms. The summed E-state index contributed by atoms with van der Waals surface area (Å²) >= 11 is 7.52. The monoisotopic (exact) mass is 265 g/mol. The van der Waals surface area contributed by atoms with Gasteiger partial charge in [-0.3, -0.25) is 0 Å². The molecule has 1 aromatic heterocycles. The molecule has 0 N–H and O–H groups in total. The molecule has 0 fully saturated rings. The first kappa shape index (κ1) is 12.3. The van der Waals surface area contributed by atoms with Crippen LogP contribution < -0.4 is 4.74 Å². The number of thioether (sulfide) groups is 1. The van der Waals surface area contributed by atoms with Crippen molar-refractivity contribution in [3.8, 4) is 11.5 Å². The average Bonchev–Trinajstić information content (AvgIpc) is 2.29. The van der Waals surface area contributed by atoms with E-state index in [4.69, 9.17) is 16.3 Å². The molecule has 0 radical (unpaired) electrons.